The molecule has 1 saturated carbocycles. The minimum absolute atomic E-state index is 0.0135. The van der Waals surface area contributed by atoms with E-state index in [-0.39, 0.29) is 11.8 Å². The average Bonchev–Trinajstić information content (AvgIpc) is 3.39. The van der Waals surface area contributed by atoms with E-state index >= 15 is 0 Å². The van der Waals surface area contributed by atoms with Crippen molar-refractivity contribution in [3.63, 3.8) is 0 Å². The number of amides is 1. The Bertz CT molecular complexity index is 1060. The molecule has 0 radical (unpaired) electrons. The number of likely N-dealkylation sites (tertiary alicyclic amines) is 1. The van der Waals surface area contributed by atoms with Gasteiger partial charge in [0.1, 0.15) is 4.21 Å². The molecular weight excluding hydrogens is 470 g/mol. The zero-order chi connectivity index (χ0) is 22.3. The van der Waals surface area contributed by atoms with Gasteiger partial charge < -0.3 is 10.2 Å². The summed E-state index contributed by atoms with van der Waals surface area (Å²) in [5.74, 6) is 0.0927. The highest BCUT2D eigenvalue weighted by Gasteiger charge is 2.35. The molecule has 11 heteroatoms. The minimum atomic E-state index is -3.46. The lowest BCUT2D eigenvalue weighted by Crippen LogP contribution is -2.49. The first-order valence-electron chi connectivity index (χ1n) is 11.2. The van der Waals surface area contributed by atoms with Gasteiger partial charge in [-0.1, -0.05) is 11.6 Å². The summed E-state index contributed by atoms with van der Waals surface area (Å²) in [7, 11) is -3.46. The maximum Gasteiger partial charge on any atom is 0.252 e. The molecule has 2 saturated heterocycles. The summed E-state index contributed by atoms with van der Waals surface area (Å²) < 4.78 is 29.9. The predicted octanol–water partition coefficient (Wildman–Crippen LogP) is 3.44. The maximum atomic E-state index is 12.8. The number of nitrogens with zero attached hydrogens (tertiary/aromatic N) is 4. The molecule has 0 aromatic carbocycles. The molecule has 0 spiro atoms. The third kappa shape index (κ3) is 4.75. The Morgan fingerprint density at radius 3 is 2.38 bits per heavy atom. The van der Waals surface area contributed by atoms with E-state index in [1.54, 1.807) is 22.6 Å². The van der Waals surface area contributed by atoms with E-state index in [9.17, 15) is 13.2 Å². The fraction of sp³-hybridized carbons (Fsp3) is 0.619. The van der Waals surface area contributed by atoms with Crippen molar-refractivity contribution in [1.29, 1.82) is 0 Å². The maximum absolute atomic E-state index is 12.8. The third-order valence-corrected chi connectivity index (χ3v) is 10.4. The molecule has 3 aliphatic rings. The van der Waals surface area contributed by atoms with Gasteiger partial charge in [-0.2, -0.15) is 9.40 Å². The van der Waals surface area contributed by atoms with Crippen molar-refractivity contribution in [2.24, 2.45) is 5.92 Å². The fourth-order valence-electron chi connectivity index (χ4n) is 4.72. The second-order valence-electron chi connectivity index (χ2n) is 8.93. The molecule has 2 aromatic rings. The molecule has 5 rings (SSSR count). The molecule has 0 unspecified atom stereocenters. The second kappa shape index (κ2) is 9.06. The van der Waals surface area contributed by atoms with E-state index in [2.05, 4.69) is 15.3 Å². The lowest BCUT2D eigenvalue weighted by Gasteiger charge is -2.41. The van der Waals surface area contributed by atoms with Gasteiger partial charge in [0.15, 0.2) is 0 Å². The van der Waals surface area contributed by atoms with Gasteiger partial charge in [0.25, 0.3) is 10.0 Å². The Morgan fingerprint density at radius 2 is 1.75 bits per heavy atom. The second-order valence-corrected chi connectivity index (χ2v) is 12.8. The van der Waals surface area contributed by atoms with Crippen LogP contribution in [-0.4, -0.2) is 65.5 Å². The van der Waals surface area contributed by atoms with E-state index in [0.717, 1.165) is 55.8 Å². The summed E-state index contributed by atoms with van der Waals surface area (Å²) in [6, 6.07) is 4.09. The molecule has 3 fully saturated rings. The Hall–Kier alpha value is -1.46. The van der Waals surface area contributed by atoms with Crippen LogP contribution in [0.5, 0.6) is 0 Å². The molecule has 1 amide bonds. The lowest BCUT2D eigenvalue weighted by atomic mass is 9.93. The number of hydrogen-bond donors (Lipinski definition) is 1. The fourth-order valence-corrected chi connectivity index (χ4v) is 7.83. The van der Waals surface area contributed by atoms with Gasteiger partial charge in [0.2, 0.25) is 5.91 Å². The number of aromatic nitrogens is 2. The number of anilines is 1. The molecule has 4 heterocycles. The number of nitrogens with one attached hydrogen (secondary N) is 1. The van der Waals surface area contributed by atoms with Crippen LogP contribution in [0.15, 0.2) is 28.7 Å². The number of piperidine rings is 2. The molecular formula is C21H28ClN5O3S2. The molecule has 174 valence electrons. The van der Waals surface area contributed by atoms with E-state index in [4.69, 9.17) is 11.6 Å². The minimum Gasteiger partial charge on any atom is -0.323 e. The van der Waals surface area contributed by atoms with Crippen LogP contribution in [0, 0.1) is 5.92 Å². The van der Waals surface area contributed by atoms with Crippen molar-refractivity contribution < 1.29 is 13.2 Å². The van der Waals surface area contributed by atoms with Crippen LogP contribution in [0.1, 0.15) is 44.6 Å². The smallest absolute Gasteiger partial charge is 0.252 e. The largest absolute Gasteiger partial charge is 0.323 e. The van der Waals surface area contributed by atoms with Gasteiger partial charge in [0.05, 0.1) is 22.3 Å². The SMILES string of the molecule is O=C(Nc1cnn(C2CC2)c1)C1CCN(C2CCN(S(=O)(=O)c3ccc(Cl)s3)CC2)CC1. The number of sulfonamides is 1. The summed E-state index contributed by atoms with van der Waals surface area (Å²) >= 11 is 7.03. The summed E-state index contributed by atoms with van der Waals surface area (Å²) in [6.07, 6.45) is 9.28. The number of rotatable bonds is 6. The standard InChI is InChI=1S/C21H28ClN5O3S2/c22-19-3-4-20(31-19)32(29,30)26-11-7-17(8-12-26)25-9-5-15(6-10-25)21(28)24-16-13-23-27(14-16)18-1-2-18/h3-4,13-15,17-18H,1-2,5-12H2,(H,24,28). The van der Waals surface area contributed by atoms with Crippen molar-refractivity contribution in [2.75, 3.05) is 31.5 Å². The monoisotopic (exact) mass is 497 g/mol. The Labute approximate surface area is 197 Å². The van der Waals surface area contributed by atoms with E-state index < -0.39 is 10.0 Å². The Kier molecular flexibility index (Phi) is 6.32. The lowest BCUT2D eigenvalue weighted by molar-refractivity contribution is -0.121. The first kappa shape index (κ1) is 22.3. The predicted molar refractivity (Wildman–Crippen MR) is 125 cm³/mol. The molecule has 2 aliphatic heterocycles. The Morgan fingerprint density at radius 1 is 1.03 bits per heavy atom. The van der Waals surface area contributed by atoms with Crippen LogP contribution < -0.4 is 5.32 Å². The molecule has 1 aliphatic carbocycles. The molecule has 0 atom stereocenters. The average molecular weight is 498 g/mol. The topological polar surface area (TPSA) is 87.5 Å². The van der Waals surface area contributed by atoms with Gasteiger partial charge in [-0.3, -0.25) is 9.48 Å². The van der Waals surface area contributed by atoms with Crippen LogP contribution in [-0.2, 0) is 14.8 Å². The Balaban J connectivity index is 1.09. The number of carbonyl (C=O) groups is 1. The number of thiophene rings is 1. The van der Waals surface area contributed by atoms with Crippen molar-refractivity contribution >= 4 is 44.6 Å². The summed E-state index contributed by atoms with van der Waals surface area (Å²) in [6.45, 7) is 2.79. The first-order valence-corrected chi connectivity index (χ1v) is 13.9. The normalized spacial score (nSPS) is 22.3. The molecule has 1 N–H and O–H groups in total. The number of hydrogen-bond acceptors (Lipinski definition) is 6. The third-order valence-electron chi connectivity index (χ3n) is 6.77. The number of halogens is 1. The van der Waals surface area contributed by atoms with Gasteiger partial charge >= 0.3 is 0 Å². The summed E-state index contributed by atoms with van der Waals surface area (Å²) in [5, 5.41) is 7.36. The van der Waals surface area contributed by atoms with Gasteiger partial charge in [-0.05, 0) is 63.7 Å². The zero-order valence-electron chi connectivity index (χ0n) is 17.8. The van der Waals surface area contributed by atoms with Crippen molar-refractivity contribution in [3.8, 4) is 0 Å². The van der Waals surface area contributed by atoms with Gasteiger partial charge in [-0.15, -0.1) is 11.3 Å². The van der Waals surface area contributed by atoms with Gasteiger partial charge in [0, 0.05) is 31.2 Å². The van der Waals surface area contributed by atoms with Gasteiger partial charge in [-0.25, -0.2) is 8.42 Å². The zero-order valence-corrected chi connectivity index (χ0v) is 20.2. The van der Waals surface area contributed by atoms with Crippen LogP contribution >= 0.6 is 22.9 Å². The van der Waals surface area contributed by atoms with E-state index in [1.807, 2.05) is 10.9 Å². The quantitative estimate of drug-likeness (QED) is 0.660. The highest BCUT2D eigenvalue weighted by Crippen LogP contribution is 2.35. The molecule has 8 nitrogen and oxygen atoms in total. The highest BCUT2D eigenvalue weighted by atomic mass is 35.5. The molecule has 32 heavy (non-hydrogen) atoms. The van der Waals surface area contributed by atoms with Crippen LogP contribution in [0.2, 0.25) is 4.34 Å². The summed E-state index contributed by atoms with van der Waals surface area (Å²) in [4.78, 5) is 15.1. The molecule has 0 bridgehead atoms. The van der Waals surface area contributed by atoms with Crippen LogP contribution in [0.25, 0.3) is 0 Å². The van der Waals surface area contributed by atoms with Crippen molar-refractivity contribution in [3.05, 3.63) is 28.9 Å². The van der Waals surface area contributed by atoms with Crippen LogP contribution in [0.3, 0.4) is 0 Å². The highest BCUT2D eigenvalue weighted by molar-refractivity contribution is 7.91. The van der Waals surface area contributed by atoms with Crippen molar-refractivity contribution in [2.45, 2.75) is 54.8 Å². The summed E-state index contributed by atoms with van der Waals surface area (Å²) in [5.41, 5.74) is 0.782. The molecule has 2 aromatic heterocycles. The van der Waals surface area contributed by atoms with E-state index in [0.29, 0.717) is 33.7 Å². The van der Waals surface area contributed by atoms with Crippen LogP contribution in [0.4, 0.5) is 5.69 Å². The first-order chi connectivity index (χ1) is 15.4. The van der Waals surface area contributed by atoms with E-state index in [1.165, 1.54) is 12.8 Å². The number of carbonyl (C=O) groups excluding carboxylic acids is 1. The van der Waals surface area contributed by atoms with Crippen molar-refractivity contribution in [1.82, 2.24) is 19.0 Å².